The molecule has 0 bridgehead atoms. The van der Waals surface area contributed by atoms with Gasteiger partial charge < -0.3 is 5.32 Å². The minimum absolute atomic E-state index is 0.186. The van der Waals surface area contributed by atoms with Crippen LogP contribution in [0.3, 0.4) is 0 Å². The van der Waals surface area contributed by atoms with Gasteiger partial charge in [-0.15, -0.1) is 0 Å². The van der Waals surface area contributed by atoms with E-state index in [4.69, 9.17) is 0 Å². The van der Waals surface area contributed by atoms with E-state index in [-0.39, 0.29) is 5.91 Å². The van der Waals surface area contributed by atoms with Gasteiger partial charge in [0, 0.05) is 28.9 Å². The van der Waals surface area contributed by atoms with E-state index in [2.05, 4.69) is 16.5 Å². The summed E-state index contributed by atoms with van der Waals surface area (Å²) in [6.45, 7) is 4.33. The van der Waals surface area contributed by atoms with Gasteiger partial charge in [-0.2, -0.15) is 10.4 Å². The normalized spacial score (nSPS) is 10.5. The maximum atomic E-state index is 13.1. The van der Waals surface area contributed by atoms with Gasteiger partial charge in [-0.25, -0.2) is 4.68 Å². The van der Waals surface area contributed by atoms with Crippen LogP contribution in [0.15, 0.2) is 78.9 Å². The molecule has 0 aliphatic carbocycles. The number of hydrogen-bond acceptors (Lipinski definition) is 3. The van der Waals surface area contributed by atoms with Gasteiger partial charge >= 0.3 is 0 Å². The highest BCUT2D eigenvalue weighted by molar-refractivity contribution is 6.01. The van der Waals surface area contributed by atoms with Gasteiger partial charge in [-0.1, -0.05) is 54.6 Å². The van der Waals surface area contributed by atoms with Crippen molar-refractivity contribution in [2.24, 2.45) is 0 Å². The van der Waals surface area contributed by atoms with Gasteiger partial charge in [-0.05, 0) is 43.7 Å². The summed E-state index contributed by atoms with van der Waals surface area (Å²) in [7, 11) is 0. The number of rotatable bonds is 5. The van der Waals surface area contributed by atoms with Crippen molar-refractivity contribution in [1.82, 2.24) is 15.1 Å². The Bertz CT molecular complexity index is 1280. The Labute approximate surface area is 181 Å². The number of aryl methyl sites for hydroxylation is 1. The minimum atomic E-state index is -0.186. The molecule has 1 heterocycles. The molecule has 152 valence electrons. The van der Waals surface area contributed by atoms with E-state index in [0.29, 0.717) is 17.7 Å². The van der Waals surface area contributed by atoms with Crippen molar-refractivity contribution in [3.05, 3.63) is 107 Å². The number of nitrogens with one attached hydrogen (secondary N) is 1. The molecule has 4 rings (SSSR count). The van der Waals surface area contributed by atoms with Crippen LogP contribution < -0.4 is 5.32 Å². The Hall–Kier alpha value is -4.17. The van der Waals surface area contributed by atoms with Gasteiger partial charge in [-0.3, -0.25) is 4.79 Å². The van der Waals surface area contributed by atoms with Crippen LogP contribution >= 0.6 is 0 Å². The van der Waals surface area contributed by atoms with E-state index >= 15 is 0 Å². The molecule has 0 aliphatic heterocycles. The molecule has 0 spiro atoms. The average Bonchev–Trinajstić information content (AvgIpc) is 3.11. The summed E-state index contributed by atoms with van der Waals surface area (Å²) in [5.41, 5.74) is 6.42. The van der Waals surface area contributed by atoms with E-state index < -0.39 is 0 Å². The molecule has 1 amide bonds. The number of para-hydroxylation sites is 1. The van der Waals surface area contributed by atoms with E-state index in [0.717, 1.165) is 33.8 Å². The van der Waals surface area contributed by atoms with Crippen molar-refractivity contribution in [2.75, 3.05) is 0 Å². The SMILES string of the molecule is Cc1nn(-c2ccccc2)c(C)c1CNC(=O)c1ccccc1-c1ccccc1C#N. The van der Waals surface area contributed by atoms with Crippen molar-refractivity contribution in [2.45, 2.75) is 20.4 Å². The molecular formula is C26H22N4O. The molecule has 0 unspecified atom stereocenters. The van der Waals surface area contributed by atoms with E-state index in [1.54, 1.807) is 12.1 Å². The molecule has 0 fully saturated rings. The molecule has 4 aromatic rings. The number of amides is 1. The molecule has 0 aliphatic rings. The van der Waals surface area contributed by atoms with Gasteiger partial charge in [0.1, 0.15) is 0 Å². The van der Waals surface area contributed by atoms with Crippen LogP contribution in [0.25, 0.3) is 16.8 Å². The van der Waals surface area contributed by atoms with Gasteiger partial charge in [0.2, 0.25) is 0 Å². The van der Waals surface area contributed by atoms with Crippen LogP contribution in [0.2, 0.25) is 0 Å². The first-order valence-electron chi connectivity index (χ1n) is 10.1. The molecule has 31 heavy (non-hydrogen) atoms. The third-order valence-corrected chi connectivity index (χ3v) is 5.38. The molecule has 1 N–H and O–H groups in total. The lowest BCUT2D eigenvalue weighted by Crippen LogP contribution is -2.24. The van der Waals surface area contributed by atoms with E-state index in [9.17, 15) is 10.1 Å². The van der Waals surface area contributed by atoms with Crippen molar-refractivity contribution in [3.63, 3.8) is 0 Å². The number of carbonyl (C=O) groups is 1. The zero-order valence-corrected chi connectivity index (χ0v) is 17.5. The highest BCUT2D eigenvalue weighted by atomic mass is 16.1. The first-order chi connectivity index (χ1) is 15.1. The van der Waals surface area contributed by atoms with Gasteiger partial charge in [0.15, 0.2) is 0 Å². The summed E-state index contributed by atoms with van der Waals surface area (Å²) in [6, 6.07) is 26.8. The van der Waals surface area contributed by atoms with Crippen molar-refractivity contribution >= 4 is 5.91 Å². The van der Waals surface area contributed by atoms with Crippen molar-refractivity contribution < 1.29 is 4.79 Å². The fraction of sp³-hybridized carbons (Fsp3) is 0.115. The predicted molar refractivity (Wildman–Crippen MR) is 121 cm³/mol. The lowest BCUT2D eigenvalue weighted by molar-refractivity contribution is 0.0951. The summed E-state index contributed by atoms with van der Waals surface area (Å²) in [6.07, 6.45) is 0. The lowest BCUT2D eigenvalue weighted by Gasteiger charge is -2.12. The number of benzene rings is 3. The third kappa shape index (κ3) is 3.96. The van der Waals surface area contributed by atoms with Gasteiger partial charge in [0.05, 0.1) is 23.0 Å². The predicted octanol–water partition coefficient (Wildman–Crippen LogP) is 4.96. The second-order valence-corrected chi connectivity index (χ2v) is 7.28. The fourth-order valence-electron chi connectivity index (χ4n) is 3.75. The maximum Gasteiger partial charge on any atom is 0.252 e. The quantitative estimate of drug-likeness (QED) is 0.509. The molecule has 0 atom stereocenters. The Morgan fingerprint density at radius 3 is 2.32 bits per heavy atom. The first-order valence-corrected chi connectivity index (χ1v) is 10.1. The molecular weight excluding hydrogens is 384 g/mol. The molecule has 0 radical (unpaired) electrons. The molecule has 0 saturated heterocycles. The zero-order valence-electron chi connectivity index (χ0n) is 17.5. The molecule has 0 saturated carbocycles. The maximum absolute atomic E-state index is 13.1. The Balaban J connectivity index is 1.60. The number of aromatic nitrogens is 2. The first kappa shape index (κ1) is 20.1. The zero-order chi connectivity index (χ0) is 21.8. The summed E-state index contributed by atoms with van der Waals surface area (Å²) >= 11 is 0. The highest BCUT2D eigenvalue weighted by Crippen LogP contribution is 2.27. The van der Waals surface area contributed by atoms with Crippen LogP contribution in [-0.2, 0) is 6.54 Å². The van der Waals surface area contributed by atoms with Crippen molar-refractivity contribution in [1.29, 1.82) is 5.26 Å². The largest absolute Gasteiger partial charge is 0.348 e. The Kier molecular flexibility index (Phi) is 5.63. The molecule has 5 nitrogen and oxygen atoms in total. The number of carbonyl (C=O) groups excluding carboxylic acids is 1. The summed E-state index contributed by atoms with van der Waals surface area (Å²) in [5.74, 6) is -0.186. The topological polar surface area (TPSA) is 70.7 Å². The fourth-order valence-corrected chi connectivity index (χ4v) is 3.75. The molecule has 1 aromatic heterocycles. The van der Waals surface area contributed by atoms with Crippen LogP contribution in [-0.4, -0.2) is 15.7 Å². The van der Waals surface area contributed by atoms with Crippen LogP contribution in [0.1, 0.15) is 32.9 Å². The molecule has 5 heteroatoms. The second-order valence-electron chi connectivity index (χ2n) is 7.28. The van der Waals surface area contributed by atoms with Crippen LogP contribution in [0.4, 0.5) is 0 Å². The Morgan fingerprint density at radius 1 is 0.935 bits per heavy atom. The standard InChI is InChI=1S/C26H22N4O/c1-18-25(19(2)30(29-18)21-11-4-3-5-12-21)17-28-26(31)24-15-9-8-14-23(24)22-13-7-6-10-20(22)16-27/h3-15H,17H2,1-2H3,(H,28,31). The monoisotopic (exact) mass is 406 g/mol. The Morgan fingerprint density at radius 2 is 1.58 bits per heavy atom. The highest BCUT2D eigenvalue weighted by Gasteiger charge is 2.17. The number of hydrogen-bond donors (Lipinski definition) is 1. The third-order valence-electron chi connectivity index (χ3n) is 5.38. The van der Waals surface area contributed by atoms with E-state index in [1.807, 2.05) is 85.3 Å². The van der Waals surface area contributed by atoms with Crippen molar-refractivity contribution in [3.8, 4) is 22.9 Å². The smallest absolute Gasteiger partial charge is 0.252 e. The van der Waals surface area contributed by atoms with E-state index in [1.165, 1.54) is 0 Å². The molecule has 3 aromatic carbocycles. The summed E-state index contributed by atoms with van der Waals surface area (Å²) in [4.78, 5) is 13.1. The average molecular weight is 406 g/mol. The minimum Gasteiger partial charge on any atom is -0.348 e. The number of nitriles is 1. The second kappa shape index (κ2) is 8.68. The number of nitrogens with zero attached hydrogens (tertiary/aromatic N) is 3. The van der Waals surface area contributed by atoms with Gasteiger partial charge in [0.25, 0.3) is 5.91 Å². The summed E-state index contributed by atoms with van der Waals surface area (Å²) in [5, 5.41) is 17.1. The van der Waals surface area contributed by atoms with Crippen LogP contribution in [0.5, 0.6) is 0 Å². The lowest BCUT2D eigenvalue weighted by atomic mass is 9.95. The summed E-state index contributed by atoms with van der Waals surface area (Å²) < 4.78 is 1.90. The van der Waals surface area contributed by atoms with Crippen LogP contribution in [0, 0.1) is 25.2 Å².